The molecule has 1 aromatic heterocycles. The number of hydrogen-bond donors (Lipinski definition) is 1. The van der Waals surface area contributed by atoms with Crippen molar-refractivity contribution in [1.29, 1.82) is 0 Å². The van der Waals surface area contributed by atoms with Crippen LogP contribution in [-0.2, 0) is 5.54 Å². The van der Waals surface area contributed by atoms with Crippen molar-refractivity contribution in [1.82, 2.24) is 10.1 Å². The highest BCUT2D eigenvalue weighted by Gasteiger charge is 2.39. The van der Waals surface area contributed by atoms with E-state index in [-0.39, 0.29) is 12.4 Å². The molecule has 0 radical (unpaired) electrons. The summed E-state index contributed by atoms with van der Waals surface area (Å²) in [4.78, 5) is 4.40. The highest BCUT2D eigenvalue weighted by molar-refractivity contribution is 5.85. The molecule has 2 N–H and O–H groups in total. The lowest BCUT2D eigenvalue weighted by Crippen LogP contribution is -2.44. The first-order valence-corrected chi connectivity index (χ1v) is 5.99. The predicted octanol–water partition coefficient (Wildman–Crippen LogP) is 2.50. The maximum Gasteiger partial charge on any atom is 0.261 e. The molecule has 3 rings (SSSR count). The van der Waals surface area contributed by atoms with Crippen LogP contribution in [0.15, 0.2) is 28.8 Å². The lowest BCUT2D eigenvalue weighted by atomic mass is 9.77. The Morgan fingerprint density at radius 2 is 2.05 bits per heavy atom. The van der Waals surface area contributed by atoms with Crippen LogP contribution >= 0.6 is 12.4 Å². The van der Waals surface area contributed by atoms with Gasteiger partial charge in [-0.3, -0.25) is 0 Å². The second-order valence-electron chi connectivity index (χ2n) is 4.63. The van der Waals surface area contributed by atoms with Crippen LogP contribution in [0.25, 0.3) is 11.5 Å². The van der Waals surface area contributed by atoms with Gasteiger partial charge in [-0.2, -0.15) is 4.98 Å². The third-order valence-electron chi connectivity index (χ3n) is 3.45. The Hall–Kier alpha value is -1.59. The first kappa shape index (κ1) is 13.8. The van der Waals surface area contributed by atoms with Gasteiger partial charge in [-0.15, -0.1) is 12.4 Å². The molecule has 0 saturated heterocycles. The number of methoxy groups -OCH3 is 1. The highest BCUT2D eigenvalue weighted by Crippen LogP contribution is 2.38. The van der Waals surface area contributed by atoms with Crippen molar-refractivity contribution in [3.63, 3.8) is 0 Å². The van der Waals surface area contributed by atoms with Crippen LogP contribution in [0, 0.1) is 0 Å². The van der Waals surface area contributed by atoms with Gasteiger partial charge in [0.15, 0.2) is 5.82 Å². The second kappa shape index (κ2) is 5.19. The monoisotopic (exact) mass is 281 g/mol. The van der Waals surface area contributed by atoms with E-state index in [1.54, 1.807) is 7.11 Å². The zero-order chi connectivity index (χ0) is 12.6. The topological polar surface area (TPSA) is 74.2 Å². The van der Waals surface area contributed by atoms with Crippen LogP contribution < -0.4 is 10.5 Å². The van der Waals surface area contributed by atoms with E-state index in [4.69, 9.17) is 15.0 Å². The van der Waals surface area contributed by atoms with Crippen molar-refractivity contribution in [2.24, 2.45) is 5.73 Å². The Kier molecular flexibility index (Phi) is 3.78. The average Bonchev–Trinajstić information content (AvgIpc) is 2.85. The lowest BCUT2D eigenvalue weighted by molar-refractivity contribution is 0.229. The lowest BCUT2D eigenvalue weighted by Gasteiger charge is -2.34. The van der Waals surface area contributed by atoms with Crippen LogP contribution in [0.5, 0.6) is 5.75 Å². The molecule has 2 aromatic rings. The smallest absolute Gasteiger partial charge is 0.261 e. The summed E-state index contributed by atoms with van der Waals surface area (Å²) in [7, 11) is 1.62. The van der Waals surface area contributed by atoms with E-state index in [0.717, 1.165) is 24.8 Å². The molecule has 102 valence electrons. The Morgan fingerprint density at radius 1 is 1.32 bits per heavy atom. The quantitative estimate of drug-likeness (QED) is 0.936. The first-order valence-electron chi connectivity index (χ1n) is 5.99. The van der Waals surface area contributed by atoms with Gasteiger partial charge in [0.1, 0.15) is 5.75 Å². The van der Waals surface area contributed by atoms with Gasteiger partial charge in [0.05, 0.1) is 18.2 Å². The maximum absolute atomic E-state index is 6.17. The predicted molar refractivity (Wildman–Crippen MR) is 73.3 cm³/mol. The molecule has 0 bridgehead atoms. The number of aromatic nitrogens is 2. The molecule has 6 heteroatoms. The number of nitrogens with zero attached hydrogens (tertiary/aromatic N) is 2. The summed E-state index contributed by atoms with van der Waals surface area (Å²) < 4.78 is 10.6. The third kappa shape index (κ3) is 2.31. The van der Waals surface area contributed by atoms with Gasteiger partial charge < -0.3 is 15.0 Å². The van der Waals surface area contributed by atoms with E-state index in [2.05, 4.69) is 10.1 Å². The van der Waals surface area contributed by atoms with Gasteiger partial charge in [0.2, 0.25) is 0 Å². The van der Waals surface area contributed by atoms with E-state index in [0.29, 0.717) is 17.5 Å². The number of para-hydroxylation sites is 1. The standard InChI is InChI=1S/C13H15N3O2.ClH/c1-17-10-6-3-2-5-9(10)11-15-12(16-18-11)13(14)7-4-8-13;/h2-3,5-6H,4,7-8,14H2,1H3;1H. The van der Waals surface area contributed by atoms with Crippen LogP contribution in [0.4, 0.5) is 0 Å². The molecule has 0 spiro atoms. The van der Waals surface area contributed by atoms with Crippen molar-refractivity contribution in [3.8, 4) is 17.2 Å². The zero-order valence-corrected chi connectivity index (χ0v) is 11.4. The summed E-state index contributed by atoms with van der Waals surface area (Å²) in [5, 5.41) is 4.00. The summed E-state index contributed by atoms with van der Waals surface area (Å²) in [6, 6.07) is 7.56. The maximum atomic E-state index is 6.17. The SMILES string of the molecule is COc1ccccc1-c1nc(C2(N)CCC2)no1.Cl. The highest BCUT2D eigenvalue weighted by atomic mass is 35.5. The molecule has 0 atom stereocenters. The largest absolute Gasteiger partial charge is 0.496 e. The molecule has 0 amide bonds. The summed E-state index contributed by atoms with van der Waals surface area (Å²) in [5.74, 6) is 1.77. The van der Waals surface area contributed by atoms with Crippen LogP contribution in [-0.4, -0.2) is 17.3 Å². The summed E-state index contributed by atoms with van der Waals surface area (Å²) in [6.45, 7) is 0. The molecule has 1 fully saturated rings. The Morgan fingerprint density at radius 3 is 2.68 bits per heavy atom. The van der Waals surface area contributed by atoms with Gasteiger partial charge in [-0.25, -0.2) is 0 Å². The van der Waals surface area contributed by atoms with Gasteiger partial charge >= 0.3 is 0 Å². The molecule has 1 heterocycles. The molecule has 1 aliphatic rings. The molecular formula is C13H16ClN3O2. The number of rotatable bonds is 3. The number of ether oxygens (including phenoxy) is 1. The molecule has 1 aromatic carbocycles. The fourth-order valence-corrected chi connectivity index (χ4v) is 2.14. The molecule has 0 aliphatic heterocycles. The van der Waals surface area contributed by atoms with Crippen LogP contribution in [0.3, 0.4) is 0 Å². The normalized spacial score (nSPS) is 16.3. The molecule has 5 nitrogen and oxygen atoms in total. The van der Waals surface area contributed by atoms with Gasteiger partial charge in [-0.05, 0) is 31.4 Å². The van der Waals surface area contributed by atoms with E-state index in [1.165, 1.54) is 0 Å². The number of benzene rings is 1. The van der Waals surface area contributed by atoms with E-state index >= 15 is 0 Å². The van der Waals surface area contributed by atoms with Crippen molar-refractivity contribution in [2.75, 3.05) is 7.11 Å². The Balaban J connectivity index is 0.00000133. The third-order valence-corrected chi connectivity index (χ3v) is 3.45. The van der Waals surface area contributed by atoms with Crippen molar-refractivity contribution >= 4 is 12.4 Å². The Labute approximate surface area is 117 Å². The fourth-order valence-electron chi connectivity index (χ4n) is 2.14. The summed E-state index contributed by atoms with van der Waals surface area (Å²) in [6.07, 6.45) is 2.95. The minimum atomic E-state index is -0.399. The summed E-state index contributed by atoms with van der Waals surface area (Å²) >= 11 is 0. The number of hydrogen-bond acceptors (Lipinski definition) is 5. The average molecular weight is 282 g/mol. The van der Waals surface area contributed by atoms with Crippen molar-refractivity contribution < 1.29 is 9.26 Å². The first-order chi connectivity index (χ1) is 8.73. The van der Waals surface area contributed by atoms with E-state index in [9.17, 15) is 0 Å². The van der Waals surface area contributed by atoms with Crippen LogP contribution in [0.1, 0.15) is 25.1 Å². The molecule has 1 aliphatic carbocycles. The Bertz CT molecular complexity index is 567. The number of halogens is 1. The second-order valence-corrected chi connectivity index (χ2v) is 4.63. The van der Waals surface area contributed by atoms with Crippen LogP contribution in [0.2, 0.25) is 0 Å². The minimum absolute atomic E-state index is 0. The summed E-state index contributed by atoms with van der Waals surface area (Å²) in [5.41, 5.74) is 6.56. The van der Waals surface area contributed by atoms with Gasteiger partial charge in [-0.1, -0.05) is 17.3 Å². The zero-order valence-electron chi connectivity index (χ0n) is 10.6. The van der Waals surface area contributed by atoms with Crippen molar-refractivity contribution in [2.45, 2.75) is 24.8 Å². The molecule has 1 saturated carbocycles. The number of nitrogens with two attached hydrogens (primary N) is 1. The minimum Gasteiger partial charge on any atom is -0.496 e. The molecule has 0 unspecified atom stereocenters. The van der Waals surface area contributed by atoms with Gasteiger partial charge in [0, 0.05) is 0 Å². The molecular weight excluding hydrogens is 266 g/mol. The molecule has 19 heavy (non-hydrogen) atoms. The van der Waals surface area contributed by atoms with Gasteiger partial charge in [0.25, 0.3) is 5.89 Å². The van der Waals surface area contributed by atoms with Crippen molar-refractivity contribution in [3.05, 3.63) is 30.1 Å². The van der Waals surface area contributed by atoms with E-state index < -0.39 is 5.54 Å². The van der Waals surface area contributed by atoms with E-state index in [1.807, 2.05) is 24.3 Å². The fraction of sp³-hybridized carbons (Fsp3) is 0.385.